The quantitative estimate of drug-likeness (QED) is 0.887. The van der Waals surface area contributed by atoms with Crippen molar-refractivity contribution in [3.63, 3.8) is 0 Å². The molecule has 2 N–H and O–H groups in total. The van der Waals surface area contributed by atoms with Crippen molar-refractivity contribution in [2.45, 2.75) is 38.7 Å². The number of hydrogen-bond donors (Lipinski definition) is 1. The summed E-state index contributed by atoms with van der Waals surface area (Å²) in [6, 6.07) is 5.37. The van der Waals surface area contributed by atoms with Gasteiger partial charge in [-0.2, -0.15) is 0 Å². The molecule has 106 valence electrons. The molecule has 0 heterocycles. The summed E-state index contributed by atoms with van der Waals surface area (Å²) in [6.45, 7) is 2.91. The summed E-state index contributed by atoms with van der Waals surface area (Å²) in [7, 11) is 0. The Bertz CT molecular complexity index is 425. The van der Waals surface area contributed by atoms with E-state index in [0.29, 0.717) is 28.3 Å². The second-order valence-electron chi connectivity index (χ2n) is 5.31. The van der Waals surface area contributed by atoms with Gasteiger partial charge >= 0.3 is 0 Å². The maximum Gasteiger partial charge on any atom is 0.138 e. The van der Waals surface area contributed by atoms with Crippen LogP contribution in [0.25, 0.3) is 0 Å². The molecule has 1 fully saturated rings. The zero-order valence-corrected chi connectivity index (χ0v) is 12.8. The van der Waals surface area contributed by atoms with Crippen LogP contribution in [0.3, 0.4) is 0 Å². The molecule has 1 aromatic carbocycles. The number of benzene rings is 1. The Kier molecular flexibility index (Phi) is 5.37. The van der Waals surface area contributed by atoms with Crippen molar-refractivity contribution in [2.75, 3.05) is 6.54 Å². The molecule has 19 heavy (non-hydrogen) atoms. The highest BCUT2D eigenvalue weighted by Gasteiger charge is 2.30. The highest BCUT2D eigenvalue weighted by Crippen LogP contribution is 2.36. The van der Waals surface area contributed by atoms with Gasteiger partial charge in [-0.1, -0.05) is 36.5 Å². The Labute approximate surface area is 125 Å². The van der Waals surface area contributed by atoms with Crippen LogP contribution in [-0.2, 0) is 0 Å². The summed E-state index contributed by atoms with van der Waals surface area (Å²) in [4.78, 5) is 0. The SMILES string of the molecule is CCC1CCC(CN)C(Oc2ccc(Cl)cc2Cl)C1. The molecular formula is C15H21Cl2NO. The average Bonchev–Trinajstić information content (AvgIpc) is 2.41. The largest absolute Gasteiger partial charge is 0.489 e. The lowest BCUT2D eigenvalue weighted by molar-refractivity contribution is 0.0685. The zero-order valence-electron chi connectivity index (χ0n) is 11.2. The van der Waals surface area contributed by atoms with Gasteiger partial charge in [-0.25, -0.2) is 0 Å². The summed E-state index contributed by atoms with van der Waals surface area (Å²) in [5, 5.41) is 1.20. The topological polar surface area (TPSA) is 35.2 Å². The van der Waals surface area contributed by atoms with Gasteiger partial charge in [0.1, 0.15) is 11.9 Å². The molecule has 0 aliphatic heterocycles. The standard InChI is InChI=1S/C15H21Cl2NO/c1-2-10-3-4-11(9-18)15(7-10)19-14-6-5-12(16)8-13(14)17/h5-6,8,10-11,15H,2-4,7,9,18H2,1H3. The number of ether oxygens (including phenoxy) is 1. The number of rotatable bonds is 4. The van der Waals surface area contributed by atoms with E-state index in [2.05, 4.69) is 6.92 Å². The van der Waals surface area contributed by atoms with Crippen molar-refractivity contribution in [3.05, 3.63) is 28.2 Å². The van der Waals surface area contributed by atoms with Gasteiger partial charge in [-0.15, -0.1) is 0 Å². The van der Waals surface area contributed by atoms with Gasteiger partial charge in [0.25, 0.3) is 0 Å². The molecule has 3 atom stereocenters. The van der Waals surface area contributed by atoms with Gasteiger partial charge in [0.15, 0.2) is 0 Å². The van der Waals surface area contributed by atoms with Gasteiger partial charge in [0, 0.05) is 10.9 Å². The Balaban J connectivity index is 2.09. The van der Waals surface area contributed by atoms with Gasteiger partial charge in [-0.05, 0) is 49.9 Å². The molecule has 3 unspecified atom stereocenters. The van der Waals surface area contributed by atoms with E-state index in [1.807, 2.05) is 6.07 Å². The Morgan fingerprint density at radius 3 is 2.74 bits per heavy atom. The molecule has 1 saturated carbocycles. The van der Waals surface area contributed by atoms with Crippen molar-refractivity contribution >= 4 is 23.2 Å². The monoisotopic (exact) mass is 301 g/mol. The minimum absolute atomic E-state index is 0.169. The first kappa shape index (κ1) is 15.0. The average molecular weight is 302 g/mol. The molecule has 2 rings (SSSR count). The lowest BCUT2D eigenvalue weighted by Crippen LogP contribution is -2.38. The van der Waals surface area contributed by atoms with Gasteiger partial charge in [0.2, 0.25) is 0 Å². The molecule has 0 radical (unpaired) electrons. The predicted molar refractivity (Wildman–Crippen MR) is 81.1 cm³/mol. The van der Waals surface area contributed by atoms with E-state index < -0.39 is 0 Å². The maximum atomic E-state index is 6.17. The molecule has 1 aliphatic carbocycles. The number of halogens is 2. The lowest BCUT2D eigenvalue weighted by Gasteiger charge is -2.35. The Morgan fingerprint density at radius 2 is 2.11 bits per heavy atom. The molecular weight excluding hydrogens is 281 g/mol. The van der Waals surface area contributed by atoms with Crippen molar-refractivity contribution in [1.29, 1.82) is 0 Å². The fourth-order valence-electron chi connectivity index (χ4n) is 2.79. The first-order valence-electron chi connectivity index (χ1n) is 6.95. The van der Waals surface area contributed by atoms with Crippen LogP contribution in [0.1, 0.15) is 32.6 Å². The van der Waals surface area contributed by atoms with Gasteiger partial charge < -0.3 is 10.5 Å². The molecule has 0 saturated heterocycles. The van der Waals surface area contributed by atoms with Crippen LogP contribution in [0.15, 0.2) is 18.2 Å². The van der Waals surface area contributed by atoms with Crippen LogP contribution >= 0.6 is 23.2 Å². The van der Waals surface area contributed by atoms with Crippen molar-refractivity contribution in [1.82, 2.24) is 0 Å². The van der Waals surface area contributed by atoms with Gasteiger partial charge in [-0.3, -0.25) is 0 Å². The van der Waals surface area contributed by atoms with Crippen molar-refractivity contribution in [2.24, 2.45) is 17.6 Å². The van der Waals surface area contributed by atoms with Crippen LogP contribution in [0.5, 0.6) is 5.75 Å². The fraction of sp³-hybridized carbons (Fsp3) is 0.600. The summed E-state index contributed by atoms with van der Waals surface area (Å²) < 4.78 is 6.11. The van der Waals surface area contributed by atoms with E-state index in [9.17, 15) is 0 Å². The van der Waals surface area contributed by atoms with E-state index in [1.165, 1.54) is 12.8 Å². The molecule has 1 aliphatic rings. The Morgan fingerprint density at radius 1 is 1.32 bits per heavy atom. The minimum atomic E-state index is 0.169. The molecule has 4 heteroatoms. The van der Waals surface area contributed by atoms with Crippen LogP contribution < -0.4 is 10.5 Å². The molecule has 2 nitrogen and oxygen atoms in total. The summed E-state index contributed by atoms with van der Waals surface area (Å²) in [6.07, 6.45) is 4.84. The third-order valence-corrected chi connectivity index (χ3v) is 4.62. The minimum Gasteiger partial charge on any atom is -0.489 e. The highest BCUT2D eigenvalue weighted by molar-refractivity contribution is 6.35. The van der Waals surface area contributed by atoms with Crippen LogP contribution in [0.4, 0.5) is 0 Å². The van der Waals surface area contributed by atoms with E-state index in [1.54, 1.807) is 12.1 Å². The van der Waals surface area contributed by atoms with Crippen LogP contribution in [-0.4, -0.2) is 12.6 Å². The second kappa shape index (κ2) is 6.83. The highest BCUT2D eigenvalue weighted by atomic mass is 35.5. The summed E-state index contributed by atoms with van der Waals surface area (Å²) in [5.41, 5.74) is 5.86. The molecule has 0 bridgehead atoms. The molecule has 0 amide bonds. The molecule has 0 aromatic heterocycles. The maximum absolute atomic E-state index is 6.17. The smallest absolute Gasteiger partial charge is 0.138 e. The first-order chi connectivity index (χ1) is 9.13. The van der Waals surface area contributed by atoms with Crippen molar-refractivity contribution < 1.29 is 4.74 Å². The zero-order chi connectivity index (χ0) is 13.8. The fourth-order valence-corrected chi connectivity index (χ4v) is 3.25. The lowest BCUT2D eigenvalue weighted by atomic mass is 9.78. The first-order valence-corrected chi connectivity index (χ1v) is 7.71. The Hall–Kier alpha value is -0.440. The third-order valence-electron chi connectivity index (χ3n) is 4.09. The van der Waals surface area contributed by atoms with E-state index in [4.69, 9.17) is 33.7 Å². The number of nitrogens with two attached hydrogens (primary N) is 1. The van der Waals surface area contributed by atoms with Gasteiger partial charge in [0.05, 0.1) is 5.02 Å². The van der Waals surface area contributed by atoms with Crippen LogP contribution in [0, 0.1) is 11.8 Å². The molecule has 0 spiro atoms. The molecule has 1 aromatic rings. The summed E-state index contributed by atoms with van der Waals surface area (Å²) in [5.74, 6) is 1.87. The summed E-state index contributed by atoms with van der Waals surface area (Å²) >= 11 is 12.1. The van der Waals surface area contributed by atoms with E-state index >= 15 is 0 Å². The predicted octanol–water partition coefficient (Wildman–Crippen LogP) is 4.53. The van der Waals surface area contributed by atoms with Crippen LogP contribution in [0.2, 0.25) is 10.0 Å². The number of hydrogen-bond acceptors (Lipinski definition) is 2. The normalized spacial score (nSPS) is 27.3. The van der Waals surface area contributed by atoms with Crippen molar-refractivity contribution in [3.8, 4) is 5.75 Å². The second-order valence-corrected chi connectivity index (χ2v) is 6.16. The van der Waals surface area contributed by atoms with E-state index in [0.717, 1.165) is 18.8 Å². The third kappa shape index (κ3) is 3.77. The van der Waals surface area contributed by atoms with E-state index in [-0.39, 0.29) is 6.10 Å².